The Labute approximate surface area is 190 Å². The van der Waals surface area contributed by atoms with Gasteiger partial charge < -0.3 is 9.64 Å². The van der Waals surface area contributed by atoms with Crippen molar-refractivity contribution in [1.82, 2.24) is 9.88 Å². The molecule has 0 atom stereocenters. The summed E-state index contributed by atoms with van der Waals surface area (Å²) >= 11 is 7.37. The highest BCUT2D eigenvalue weighted by molar-refractivity contribution is 7.17. The maximum absolute atomic E-state index is 13.3. The van der Waals surface area contributed by atoms with Gasteiger partial charge in [0, 0.05) is 23.7 Å². The number of carbonyl (C=O) groups excluding carboxylic acids is 2. The number of rotatable bonds is 4. The molecule has 0 saturated carbocycles. The van der Waals surface area contributed by atoms with E-state index in [-0.39, 0.29) is 11.9 Å². The van der Waals surface area contributed by atoms with Gasteiger partial charge in [-0.25, -0.2) is 4.98 Å². The third-order valence-electron chi connectivity index (χ3n) is 5.89. The van der Waals surface area contributed by atoms with E-state index in [2.05, 4.69) is 4.98 Å². The number of nitrogens with zero attached hydrogens (tertiary/aromatic N) is 2. The molecule has 2 heterocycles. The zero-order valence-corrected chi connectivity index (χ0v) is 19.0. The second-order valence-corrected chi connectivity index (χ2v) is 9.11. The summed E-state index contributed by atoms with van der Waals surface area (Å²) in [4.78, 5) is 33.0. The number of esters is 1. The zero-order valence-electron chi connectivity index (χ0n) is 17.4. The molecule has 3 aromatic rings. The molecular formula is C24H23ClN2O3S. The van der Waals surface area contributed by atoms with Crippen molar-refractivity contribution >= 4 is 34.8 Å². The minimum atomic E-state index is -0.718. The molecule has 0 radical (unpaired) electrons. The van der Waals surface area contributed by atoms with Crippen LogP contribution in [0.25, 0.3) is 10.6 Å². The quantitative estimate of drug-likeness (QED) is 0.513. The number of halogens is 1. The number of aromatic nitrogens is 1. The van der Waals surface area contributed by atoms with Gasteiger partial charge in [0.25, 0.3) is 5.91 Å². The summed E-state index contributed by atoms with van der Waals surface area (Å²) < 4.78 is 5.15. The van der Waals surface area contributed by atoms with Gasteiger partial charge in [0.2, 0.25) is 0 Å². The standard InChI is InChI=1S/C24H23ClN2O3S/c1-16-20(31-21(26-16)17-8-10-19(25)11-9-17)22(28)27-14-12-24(13-15-27,23(29)30-2)18-6-4-3-5-7-18/h3-11H,12-15H2,1-2H3. The van der Waals surface area contributed by atoms with Crippen LogP contribution in [0, 0.1) is 6.92 Å². The molecule has 0 spiro atoms. The van der Waals surface area contributed by atoms with Crippen molar-refractivity contribution in [2.45, 2.75) is 25.2 Å². The summed E-state index contributed by atoms with van der Waals surface area (Å²) in [5.41, 5.74) is 1.87. The SMILES string of the molecule is COC(=O)C1(c2ccccc2)CCN(C(=O)c2sc(-c3ccc(Cl)cc3)nc2C)CC1. The first-order chi connectivity index (χ1) is 14.9. The van der Waals surface area contributed by atoms with Crippen molar-refractivity contribution < 1.29 is 14.3 Å². The maximum Gasteiger partial charge on any atom is 0.316 e. The lowest BCUT2D eigenvalue weighted by Crippen LogP contribution is -2.49. The van der Waals surface area contributed by atoms with Crippen LogP contribution in [0.3, 0.4) is 0 Å². The number of carbonyl (C=O) groups is 2. The number of ether oxygens (including phenoxy) is 1. The molecule has 0 aliphatic carbocycles. The smallest absolute Gasteiger partial charge is 0.316 e. The minimum absolute atomic E-state index is 0.0401. The summed E-state index contributed by atoms with van der Waals surface area (Å²) in [5.74, 6) is -0.286. The lowest BCUT2D eigenvalue weighted by Gasteiger charge is -2.40. The molecule has 0 N–H and O–H groups in total. The normalized spacial score (nSPS) is 15.5. The molecule has 0 bridgehead atoms. The molecule has 160 valence electrons. The van der Waals surface area contributed by atoms with Gasteiger partial charge in [0.15, 0.2) is 0 Å². The Bertz CT molecular complexity index is 1090. The molecule has 7 heteroatoms. The van der Waals surface area contributed by atoms with Crippen molar-refractivity contribution in [2.75, 3.05) is 20.2 Å². The van der Waals surface area contributed by atoms with Crippen LogP contribution >= 0.6 is 22.9 Å². The molecule has 1 aromatic heterocycles. The van der Waals surface area contributed by atoms with Crippen molar-refractivity contribution in [1.29, 1.82) is 0 Å². The molecule has 1 aliphatic rings. The van der Waals surface area contributed by atoms with Gasteiger partial charge >= 0.3 is 5.97 Å². The fourth-order valence-electron chi connectivity index (χ4n) is 4.11. The van der Waals surface area contributed by atoms with Crippen molar-refractivity contribution in [3.05, 3.63) is 75.8 Å². The second kappa shape index (κ2) is 8.81. The number of thiazole rings is 1. The number of aryl methyl sites for hydroxylation is 1. The number of likely N-dealkylation sites (tertiary alicyclic amines) is 1. The van der Waals surface area contributed by atoms with Crippen LogP contribution in [0.5, 0.6) is 0 Å². The monoisotopic (exact) mass is 454 g/mol. The topological polar surface area (TPSA) is 59.5 Å². The third kappa shape index (κ3) is 4.10. The van der Waals surface area contributed by atoms with E-state index in [1.165, 1.54) is 18.4 Å². The molecule has 5 nitrogen and oxygen atoms in total. The van der Waals surface area contributed by atoms with Crippen molar-refractivity contribution in [3.8, 4) is 10.6 Å². The predicted octanol–water partition coefficient (Wildman–Crippen LogP) is 5.12. The number of hydrogen-bond acceptors (Lipinski definition) is 5. The molecule has 2 aromatic carbocycles. The fourth-order valence-corrected chi connectivity index (χ4v) is 5.27. The van der Waals surface area contributed by atoms with E-state index in [1.807, 2.05) is 66.4 Å². The summed E-state index contributed by atoms with van der Waals surface area (Å²) in [6, 6.07) is 17.1. The first-order valence-electron chi connectivity index (χ1n) is 10.1. The molecule has 1 fully saturated rings. The Morgan fingerprint density at radius 3 is 2.32 bits per heavy atom. The first-order valence-corrected chi connectivity index (χ1v) is 11.3. The first kappa shape index (κ1) is 21.5. The summed E-state index contributed by atoms with van der Waals surface area (Å²) in [5, 5.41) is 1.46. The van der Waals surface area contributed by atoms with Crippen LogP contribution in [-0.2, 0) is 14.9 Å². The molecule has 31 heavy (non-hydrogen) atoms. The molecule has 1 saturated heterocycles. The van der Waals surface area contributed by atoms with E-state index in [0.29, 0.717) is 41.5 Å². The van der Waals surface area contributed by atoms with Crippen LogP contribution in [0.1, 0.15) is 33.8 Å². The summed E-state index contributed by atoms with van der Waals surface area (Å²) in [6.07, 6.45) is 1.05. The van der Waals surface area contributed by atoms with Crippen LogP contribution in [-0.4, -0.2) is 42.0 Å². The molecule has 1 amide bonds. The Hall–Kier alpha value is -2.70. The van der Waals surface area contributed by atoms with Crippen molar-refractivity contribution in [3.63, 3.8) is 0 Å². The molecule has 1 aliphatic heterocycles. The number of methoxy groups -OCH3 is 1. The van der Waals surface area contributed by atoms with Gasteiger partial charge in [-0.1, -0.05) is 54.1 Å². The van der Waals surface area contributed by atoms with Gasteiger partial charge in [-0.2, -0.15) is 0 Å². The average Bonchev–Trinajstić information content (AvgIpc) is 3.20. The van der Waals surface area contributed by atoms with Gasteiger partial charge in [0.1, 0.15) is 9.88 Å². The van der Waals surface area contributed by atoms with E-state index in [4.69, 9.17) is 16.3 Å². The van der Waals surface area contributed by atoms with Gasteiger partial charge in [-0.3, -0.25) is 9.59 Å². The number of amides is 1. The maximum atomic E-state index is 13.3. The van der Waals surface area contributed by atoms with Gasteiger partial charge in [-0.15, -0.1) is 11.3 Å². The Morgan fingerprint density at radius 2 is 1.71 bits per heavy atom. The zero-order chi connectivity index (χ0) is 22.0. The number of piperidine rings is 1. The lowest BCUT2D eigenvalue weighted by atomic mass is 9.72. The van der Waals surface area contributed by atoms with Crippen LogP contribution in [0.2, 0.25) is 5.02 Å². The summed E-state index contributed by atoms with van der Waals surface area (Å²) in [7, 11) is 1.42. The molecular weight excluding hydrogens is 432 g/mol. The van der Waals surface area contributed by atoms with E-state index in [9.17, 15) is 9.59 Å². The highest BCUT2D eigenvalue weighted by Gasteiger charge is 2.45. The Balaban J connectivity index is 1.54. The van der Waals surface area contributed by atoms with E-state index >= 15 is 0 Å². The number of benzene rings is 2. The Kier molecular flexibility index (Phi) is 6.12. The van der Waals surface area contributed by atoms with E-state index in [0.717, 1.165) is 16.1 Å². The van der Waals surface area contributed by atoms with Gasteiger partial charge in [0.05, 0.1) is 18.2 Å². The predicted molar refractivity (Wildman–Crippen MR) is 123 cm³/mol. The van der Waals surface area contributed by atoms with Crippen LogP contribution in [0.4, 0.5) is 0 Å². The van der Waals surface area contributed by atoms with Crippen LogP contribution < -0.4 is 0 Å². The Morgan fingerprint density at radius 1 is 1.06 bits per heavy atom. The average molecular weight is 455 g/mol. The fraction of sp³-hybridized carbons (Fsp3) is 0.292. The molecule has 0 unspecified atom stereocenters. The second-order valence-electron chi connectivity index (χ2n) is 7.67. The number of hydrogen-bond donors (Lipinski definition) is 0. The van der Waals surface area contributed by atoms with Gasteiger partial charge in [-0.05, 0) is 37.5 Å². The van der Waals surface area contributed by atoms with E-state index in [1.54, 1.807) is 0 Å². The minimum Gasteiger partial charge on any atom is -0.468 e. The largest absolute Gasteiger partial charge is 0.468 e. The van der Waals surface area contributed by atoms with Crippen molar-refractivity contribution in [2.24, 2.45) is 0 Å². The lowest BCUT2D eigenvalue weighted by molar-refractivity contribution is -0.149. The van der Waals surface area contributed by atoms with E-state index < -0.39 is 5.41 Å². The highest BCUT2D eigenvalue weighted by Crippen LogP contribution is 2.38. The molecule has 4 rings (SSSR count). The highest BCUT2D eigenvalue weighted by atomic mass is 35.5. The third-order valence-corrected chi connectivity index (χ3v) is 7.34. The van der Waals surface area contributed by atoms with Crippen LogP contribution in [0.15, 0.2) is 54.6 Å². The summed E-state index contributed by atoms with van der Waals surface area (Å²) in [6.45, 7) is 2.82.